The number of hydrogen-bond acceptors (Lipinski definition) is 4. The molecule has 9 heteroatoms. The second kappa shape index (κ2) is 9.32. The van der Waals surface area contributed by atoms with Crippen LogP contribution in [-0.2, 0) is 30.5 Å². The molecule has 0 atom stereocenters. The molecule has 0 aliphatic heterocycles. The number of amides is 1. The van der Waals surface area contributed by atoms with Crippen molar-refractivity contribution in [2.75, 3.05) is 0 Å². The molecule has 2 aromatic carbocycles. The van der Waals surface area contributed by atoms with Gasteiger partial charge >= 0.3 is 6.18 Å². The normalized spacial score (nSPS) is 11.6. The van der Waals surface area contributed by atoms with Gasteiger partial charge in [-0.25, -0.2) is 4.98 Å². The summed E-state index contributed by atoms with van der Waals surface area (Å²) in [7, 11) is 0. The van der Waals surface area contributed by atoms with Gasteiger partial charge in [-0.1, -0.05) is 30.3 Å². The molecule has 0 bridgehead atoms. The van der Waals surface area contributed by atoms with Crippen LogP contribution in [0.5, 0.6) is 0 Å². The Kier molecular flexibility index (Phi) is 6.30. The molecule has 0 radical (unpaired) electrons. The molecular weight excluding hydrogens is 435 g/mol. The summed E-state index contributed by atoms with van der Waals surface area (Å²) in [5, 5.41) is 2.68. The average Bonchev–Trinajstić information content (AvgIpc) is 3.32. The van der Waals surface area contributed by atoms with Crippen LogP contribution in [-0.4, -0.2) is 15.5 Å². The van der Waals surface area contributed by atoms with E-state index in [2.05, 4.69) is 10.3 Å². The summed E-state index contributed by atoms with van der Waals surface area (Å²) in [6.07, 6.45) is -3.10. The van der Waals surface area contributed by atoms with Gasteiger partial charge in [0.1, 0.15) is 11.5 Å². The molecule has 170 valence electrons. The van der Waals surface area contributed by atoms with Crippen LogP contribution in [0.3, 0.4) is 0 Å². The predicted octanol–water partition coefficient (Wildman–Crippen LogP) is 4.31. The number of benzene rings is 2. The van der Waals surface area contributed by atoms with E-state index in [1.165, 1.54) is 16.9 Å². The van der Waals surface area contributed by atoms with Crippen LogP contribution in [0.25, 0.3) is 11.0 Å². The van der Waals surface area contributed by atoms with Crippen molar-refractivity contribution in [2.45, 2.75) is 32.1 Å². The van der Waals surface area contributed by atoms with Gasteiger partial charge in [0.25, 0.3) is 5.56 Å². The van der Waals surface area contributed by atoms with E-state index in [1.54, 1.807) is 12.1 Å². The molecule has 0 saturated heterocycles. The van der Waals surface area contributed by atoms with E-state index >= 15 is 0 Å². The summed E-state index contributed by atoms with van der Waals surface area (Å²) in [4.78, 5) is 29.6. The van der Waals surface area contributed by atoms with Gasteiger partial charge in [0.05, 0.1) is 35.9 Å². The van der Waals surface area contributed by atoms with Crippen LogP contribution in [0.4, 0.5) is 13.2 Å². The number of alkyl halides is 3. The maximum absolute atomic E-state index is 13.2. The Morgan fingerprint density at radius 1 is 1.06 bits per heavy atom. The minimum Gasteiger partial charge on any atom is -0.467 e. The lowest BCUT2D eigenvalue weighted by molar-refractivity contribution is -0.137. The van der Waals surface area contributed by atoms with Crippen LogP contribution in [0, 0.1) is 0 Å². The average molecular weight is 455 g/mol. The number of nitrogens with zero attached hydrogens (tertiary/aromatic N) is 2. The first-order valence-electron chi connectivity index (χ1n) is 10.2. The van der Waals surface area contributed by atoms with E-state index in [0.29, 0.717) is 11.3 Å². The Hall–Kier alpha value is -3.88. The highest BCUT2D eigenvalue weighted by Gasteiger charge is 2.31. The van der Waals surface area contributed by atoms with Gasteiger partial charge < -0.3 is 14.3 Å². The van der Waals surface area contributed by atoms with Crippen molar-refractivity contribution in [1.29, 1.82) is 0 Å². The van der Waals surface area contributed by atoms with Crippen molar-refractivity contribution in [3.8, 4) is 0 Å². The number of rotatable bonds is 7. The molecule has 0 aliphatic rings. The van der Waals surface area contributed by atoms with Crippen molar-refractivity contribution in [3.63, 3.8) is 0 Å². The highest BCUT2D eigenvalue weighted by atomic mass is 19.4. The minimum atomic E-state index is -4.54. The van der Waals surface area contributed by atoms with Crippen LogP contribution in [0.2, 0.25) is 0 Å². The van der Waals surface area contributed by atoms with Gasteiger partial charge in [0, 0.05) is 12.8 Å². The van der Waals surface area contributed by atoms with E-state index in [1.807, 2.05) is 30.3 Å². The Bertz CT molecular complexity index is 1310. The minimum absolute atomic E-state index is 0.0101. The SMILES string of the molecule is O=C(CCc1nc2cc(C(F)(F)F)ccc2n(Cc2ccccc2)c1=O)NCc1ccco1. The van der Waals surface area contributed by atoms with Gasteiger partial charge in [-0.15, -0.1) is 0 Å². The zero-order chi connectivity index (χ0) is 23.4. The van der Waals surface area contributed by atoms with Gasteiger partial charge in [0.2, 0.25) is 5.91 Å². The zero-order valence-electron chi connectivity index (χ0n) is 17.4. The van der Waals surface area contributed by atoms with Crippen molar-refractivity contribution < 1.29 is 22.4 Å². The molecule has 2 heterocycles. The third kappa shape index (κ3) is 5.31. The van der Waals surface area contributed by atoms with Crippen LogP contribution >= 0.6 is 0 Å². The molecule has 6 nitrogen and oxygen atoms in total. The first-order chi connectivity index (χ1) is 15.8. The summed E-state index contributed by atoms with van der Waals surface area (Å²) in [5.41, 5.74) is -0.103. The van der Waals surface area contributed by atoms with E-state index in [4.69, 9.17) is 4.42 Å². The topological polar surface area (TPSA) is 77.1 Å². The van der Waals surface area contributed by atoms with Gasteiger partial charge in [0.15, 0.2) is 0 Å². The zero-order valence-corrected chi connectivity index (χ0v) is 17.4. The van der Waals surface area contributed by atoms with Crippen LogP contribution < -0.4 is 10.9 Å². The molecule has 0 aliphatic carbocycles. The van der Waals surface area contributed by atoms with Crippen LogP contribution in [0.15, 0.2) is 76.1 Å². The first kappa shape index (κ1) is 22.3. The molecule has 4 rings (SSSR count). The third-order valence-corrected chi connectivity index (χ3v) is 5.15. The van der Waals surface area contributed by atoms with Crippen molar-refractivity contribution >= 4 is 16.9 Å². The lowest BCUT2D eigenvalue weighted by Crippen LogP contribution is -2.28. The smallest absolute Gasteiger partial charge is 0.416 e. The lowest BCUT2D eigenvalue weighted by atomic mass is 10.1. The molecule has 2 aromatic heterocycles. The molecule has 33 heavy (non-hydrogen) atoms. The molecule has 0 spiro atoms. The fraction of sp³-hybridized carbons (Fsp3) is 0.208. The van der Waals surface area contributed by atoms with E-state index in [0.717, 1.165) is 17.7 Å². The van der Waals surface area contributed by atoms with E-state index in [-0.39, 0.29) is 43.0 Å². The molecule has 0 fully saturated rings. The quantitative estimate of drug-likeness (QED) is 0.451. The van der Waals surface area contributed by atoms with Gasteiger partial charge in [-0.2, -0.15) is 13.2 Å². The number of furan rings is 1. The van der Waals surface area contributed by atoms with E-state index in [9.17, 15) is 22.8 Å². The number of halogens is 3. The van der Waals surface area contributed by atoms with E-state index < -0.39 is 17.3 Å². The Labute approximate surface area is 186 Å². The first-order valence-corrected chi connectivity index (χ1v) is 10.2. The summed E-state index contributed by atoms with van der Waals surface area (Å²) < 4.78 is 46.3. The van der Waals surface area contributed by atoms with Crippen molar-refractivity contribution in [3.05, 3.63) is 99.9 Å². The summed E-state index contributed by atoms with van der Waals surface area (Å²) in [6.45, 7) is 0.367. The summed E-state index contributed by atoms with van der Waals surface area (Å²) >= 11 is 0. The molecule has 1 N–H and O–H groups in total. The molecule has 0 saturated carbocycles. The van der Waals surface area contributed by atoms with Gasteiger partial charge in [-0.3, -0.25) is 9.59 Å². The number of aromatic nitrogens is 2. The molecular formula is C24H20F3N3O3. The number of carbonyl (C=O) groups excluding carboxylic acids is 1. The fourth-order valence-corrected chi connectivity index (χ4v) is 3.48. The van der Waals surface area contributed by atoms with Crippen LogP contribution in [0.1, 0.15) is 29.0 Å². The molecule has 0 unspecified atom stereocenters. The lowest BCUT2D eigenvalue weighted by Gasteiger charge is -2.14. The monoisotopic (exact) mass is 455 g/mol. The summed E-state index contributed by atoms with van der Waals surface area (Å²) in [6, 6.07) is 15.6. The number of nitrogens with one attached hydrogen (secondary N) is 1. The number of fused-ring (bicyclic) bond motifs is 1. The molecule has 1 amide bonds. The second-order valence-electron chi connectivity index (χ2n) is 7.49. The molecule has 4 aromatic rings. The maximum atomic E-state index is 13.2. The summed E-state index contributed by atoms with van der Waals surface area (Å²) in [5.74, 6) is 0.253. The van der Waals surface area contributed by atoms with Gasteiger partial charge in [-0.05, 0) is 35.9 Å². The standard InChI is InChI=1S/C24H20F3N3O3/c25-24(26,27)17-8-10-21-20(13-17)29-19(9-11-22(31)28-14-18-7-4-12-33-18)23(32)30(21)15-16-5-2-1-3-6-16/h1-8,10,12-13H,9,11,14-15H2,(H,28,31). The Morgan fingerprint density at radius 2 is 1.85 bits per heavy atom. The second-order valence-corrected chi connectivity index (χ2v) is 7.49. The van der Waals surface area contributed by atoms with Crippen molar-refractivity contribution in [2.24, 2.45) is 0 Å². The Balaban J connectivity index is 1.65. The Morgan fingerprint density at radius 3 is 2.55 bits per heavy atom. The fourth-order valence-electron chi connectivity index (χ4n) is 3.48. The highest BCUT2D eigenvalue weighted by Crippen LogP contribution is 2.31. The van der Waals surface area contributed by atoms with Crippen molar-refractivity contribution in [1.82, 2.24) is 14.9 Å². The highest BCUT2D eigenvalue weighted by molar-refractivity contribution is 5.77. The number of carbonyl (C=O) groups is 1. The number of hydrogen-bond donors (Lipinski definition) is 1. The number of aryl methyl sites for hydroxylation is 1. The third-order valence-electron chi connectivity index (χ3n) is 5.15. The predicted molar refractivity (Wildman–Crippen MR) is 115 cm³/mol. The maximum Gasteiger partial charge on any atom is 0.416 e. The largest absolute Gasteiger partial charge is 0.467 e.